The molecule has 0 fully saturated rings. The van der Waals surface area contributed by atoms with Crippen molar-refractivity contribution < 1.29 is 0 Å². The summed E-state index contributed by atoms with van der Waals surface area (Å²) in [6, 6.07) is 5.50. The zero-order valence-corrected chi connectivity index (χ0v) is 6.77. The van der Waals surface area contributed by atoms with Crippen LogP contribution in [0.3, 0.4) is 0 Å². The summed E-state index contributed by atoms with van der Waals surface area (Å²) in [4.78, 5) is 0.976. The summed E-state index contributed by atoms with van der Waals surface area (Å²) in [6.45, 7) is 0. The lowest BCUT2D eigenvalue weighted by Crippen LogP contribution is -2.06. The number of hydrogen-bond acceptors (Lipinski definition) is 4. The maximum absolute atomic E-state index is 8.35. The van der Waals surface area contributed by atoms with E-state index in [1.807, 2.05) is 12.1 Å². The van der Waals surface area contributed by atoms with Crippen LogP contribution in [0.25, 0.3) is 0 Å². The molecule has 0 aliphatic carbocycles. The Kier molecular flexibility index (Phi) is 2.47. The third kappa shape index (κ3) is 1.93. The Hall–Kier alpha value is -1.05. The fourth-order valence-electron chi connectivity index (χ4n) is 0.767. The number of nitriles is 1. The van der Waals surface area contributed by atoms with Gasteiger partial charge in [-0.3, -0.25) is 0 Å². The van der Waals surface area contributed by atoms with Crippen LogP contribution in [-0.4, -0.2) is 0 Å². The molecule has 1 aromatic heterocycles. The summed E-state index contributed by atoms with van der Waals surface area (Å²) in [6.07, 6.45) is 0.347. The quantitative estimate of drug-likeness (QED) is 0.695. The first kappa shape index (κ1) is 8.05. The smallest absolute Gasteiger partial charge is 0.0859 e. The molecular formula is C7H9N3S. The molecule has 0 saturated heterocycles. The van der Waals surface area contributed by atoms with Gasteiger partial charge in [-0.25, -0.2) is 0 Å². The van der Waals surface area contributed by atoms with E-state index in [-0.39, 0.29) is 6.04 Å². The van der Waals surface area contributed by atoms with Crippen molar-refractivity contribution >= 4 is 16.3 Å². The fraction of sp³-hybridized carbons (Fsp3) is 0.286. The van der Waals surface area contributed by atoms with E-state index < -0.39 is 0 Å². The van der Waals surface area contributed by atoms with Crippen LogP contribution in [0, 0.1) is 11.3 Å². The summed E-state index contributed by atoms with van der Waals surface area (Å²) in [5, 5.41) is 9.09. The molecule has 0 bridgehead atoms. The highest BCUT2D eigenvalue weighted by atomic mass is 32.1. The molecule has 0 aliphatic heterocycles. The van der Waals surface area contributed by atoms with E-state index in [1.54, 1.807) is 6.07 Å². The van der Waals surface area contributed by atoms with Crippen LogP contribution >= 0.6 is 11.3 Å². The second-order valence-electron chi connectivity index (χ2n) is 2.21. The van der Waals surface area contributed by atoms with Crippen molar-refractivity contribution in [2.75, 3.05) is 5.73 Å². The Bertz CT molecular complexity index is 273. The zero-order chi connectivity index (χ0) is 8.27. The number of hydrogen-bond donors (Lipinski definition) is 2. The van der Waals surface area contributed by atoms with Crippen LogP contribution in [0.4, 0.5) is 5.00 Å². The molecule has 0 aliphatic rings. The van der Waals surface area contributed by atoms with Gasteiger partial charge in [0, 0.05) is 4.88 Å². The lowest BCUT2D eigenvalue weighted by molar-refractivity contribution is 0.765. The Labute approximate surface area is 69.2 Å². The van der Waals surface area contributed by atoms with Crippen LogP contribution in [0.15, 0.2) is 12.1 Å². The first-order chi connectivity index (χ1) is 5.24. The van der Waals surface area contributed by atoms with E-state index in [9.17, 15) is 0 Å². The van der Waals surface area contributed by atoms with Crippen LogP contribution in [0.1, 0.15) is 17.3 Å². The Morgan fingerprint density at radius 1 is 1.64 bits per heavy atom. The number of thiophene rings is 1. The van der Waals surface area contributed by atoms with Gasteiger partial charge in [0.05, 0.1) is 23.5 Å². The normalized spacial score (nSPS) is 12.4. The molecule has 4 N–H and O–H groups in total. The monoisotopic (exact) mass is 167 g/mol. The van der Waals surface area contributed by atoms with Gasteiger partial charge in [-0.05, 0) is 12.1 Å². The number of nitrogens with two attached hydrogens (primary N) is 2. The lowest BCUT2D eigenvalue weighted by atomic mass is 10.2. The number of nitrogens with zero attached hydrogens (tertiary/aromatic N) is 1. The van der Waals surface area contributed by atoms with E-state index in [0.29, 0.717) is 6.42 Å². The van der Waals surface area contributed by atoms with Crippen molar-refractivity contribution in [2.24, 2.45) is 5.73 Å². The maximum Gasteiger partial charge on any atom is 0.0859 e. The number of anilines is 1. The highest BCUT2D eigenvalue weighted by Gasteiger charge is 2.06. The molecule has 1 heterocycles. The van der Waals surface area contributed by atoms with Crippen molar-refractivity contribution in [3.8, 4) is 6.07 Å². The van der Waals surface area contributed by atoms with Crippen LogP contribution in [0.2, 0.25) is 0 Å². The van der Waals surface area contributed by atoms with Crippen molar-refractivity contribution in [3.63, 3.8) is 0 Å². The highest BCUT2D eigenvalue weighted by molar-refractivity contribution is 7.15. The molecule has 4 heteroatoms. The van der Waals surface area contributed by atoms with Crippen molar-refractivity contribution in [3.05, 3.63) is 17.0 Å². The SMILES string of the molecule is N#CCC(N)c1ccc(N)s1. The van der Waals surface area contributed by atoms with E-state index >= 15 is 0 Å². The number of rotatable bonds is 2. The summed E-state index contributed by atoms with van der Waals surface area (Å²) in [5.41, 5.74) is 11.1. The van der Waals surface area contributed by atoms with Gasteiger partial charge in [0.15, 0.2) is 0 Å². The second-order valence-corrected chi connectivity index (χ2v) is 3.36. The van der Waals surface area contributed by atoms with E-state index in [1.165, 1.54) is 11.3 Å². The molecule has 11 heavy (non-hydrogen) atoms. The Balaban J connectivity index is 2.70. The first-order valence-corrected chi connectivity index (χ1v) is 4.03. The van der Waals surface area contributed by atoms with Crippen LogP contribution in [-0.2, 0) is 0 Å². The van der Waals surface area contributed by atoms with E-state index in [2.05, 4.69) is 0 Å². The minimum atomic E-state index is -0.178. The molecule has 1 atom stereocenters. The van der Waals surface area contributed by atoms with E-state index in [0.717, 1.165) is 9.88 Å². The molecule has 1 rings (SSSR count). The standard InChI is InChI=1S/C7H9N3S/c8-4-3-5(9)6-1-2-7(10)11-6/h1-2,5H,3,9-10H2. The number of nitrogen functional groups attached to an aromatic ring is 1. The molecule has 0 amide bonds. The Morgan fingerprint density at radius 2 is 2.36 bits per heavy atom. The van der Waals surface area contributed by atoms with Gasteiger partial charge in [0.25, 0.3) is 0 Å². The van der Waals surface area contributed by atoms with Gasteiger partial charge in [-0.15, -0.1) is 11.3 Å². The predicted molar refractivity (Wildman–Crippen MR) is 45.9 cm³/mol. The Morgan fingerprint density at radius 3 is 2.82 bits per heavy atom. The van der Waals surface area contributed by atoms with E-state index in [4.69, 9.17) is 16.7 Å². The average Bonchev–Trinajstić information content (AvgIpc) is 2.36. The van der Waals surface area contributed by atoms with Crippen LogP contribution in [0.5, 0.6) is 0 Å². The third-order valence-electron chi connectivity index (χ3n) is 1.32. The second kappa shape index (κ2) is 3.37. The summed E-state index contributed by atoms with van der Waals surface area (Å²) < 4.78 is 0. The maximum atomic E-state index is 8.35. The highest BCUT2D eigenvalue weighted by Crippen LogP contribution is 2.24. The zero-order valence-electron chi connectivity index (χ0n) is 5.95. The molecule has 0 spiro atoms. The average molecular weight is 167 g/mol. The van der Waals surface area contributed by atoms with Crippen LogP contribution < -0.4 is 11.5 Å². The molecular weight excluding hydrogens is 158 g/mol. The molecule has 0 saturated carbocycles. The topological polar surface area (TPSA) is 75.8 Å². The molecule has 0 radical (unpaired) electrons. The molecule has 58 valence electrons. The summed E-state index contributed by atoms with van der Waals surface area (Å²) in [5.74, 6) is 0. The van der Waals surface area contributed by atoms with Gasteiger partial charge < -0.3 is 11.5 Å². The minimum absolute atomic E-state index is 0.178. The molecule has 0 aromatic carbocycles. The predicted octanol–water partition coefficient (Wildman–Crippen LogP) is 1.24. The first-order valence-electron chi connectivity index (χ1n) is 3.22. The van der Waals surface area contributed by atoms with Gasteiger partial charge in [-0.1, -0.05) is 0 Å². The van der Waals surface area contributed by atoms with Crippen molar-refractivity contribution in [2.45, 2.75) is 12.5 Å². The van der Waals surface area contributed by atoms with Gasteiger partial charge in [-0.2, -0.15) is 5.26 Å². The third-order valence-corrected chi connectivity index (χ3v) is 2.37. The van der Waals surface area contributed by atoms with Gasteiger partial charge in [0.1, 0.15) is 0 Å². The van der Waals surface area contributed by atoms with Crippen molar-refractivity contribution in [1.82, 2.24) is 0 Å². The lowest BCUT2D eigenvalue weighted by Gasteiger charge is -2.01. The molecule has 3 nitrogen and oxygen atoms in total. The summed E-state index contributed by atoms with van der Waals surface area (Å²) in [7, 11) is 0. The summed E-state index contributed by atoms with van der Waals surface area (Å²) >= 11 is 1.44. The van der Waals surface area contributed by atoms with Crippen molar-refractivity contribution in [1.29, 1.82) is 5.26 Å². The fourth-order valence-corrected chi connectivity index (χ4v) is 1.55. The molecule has 1 unspecified atom stereocenters. The van der Waals surface area contributed by atoms with Gasteiger partial charge >= 0.3 is 0 Å². The minimum Gasteiger partial charge on any atom is -0.391 e. The largest absolute Gasteiger partial charge is 0.391 e. The van der Waals surface area contributed by atoms with Gasteiger partial charge in [0.2, 0.25) is 0 Å². The molecule has 1 aromatic rings.